The maximum absolute atomic E-state index is 13.8. The van der Waals surface area contributed by atoms with Crippen molar-refractivity contribution in [1.29, 1.82) is 5.41 Å². The highest BCUT2D eigenvalue weighted by molar-refractivity contribution is 6.16. The van der Waals surface area contributed by atoms with Gasteiger partial charge in [0.05, 0.1) is 23.2 Å². The van der Waals surface area contributed by atoms with Gasteiger partial charge in [0.15, 0.2) is 11.6 Å². The highest BCUT2D eigenvalue weighted by atomic mass is 19.1. The van der Waals surface area contributed by atoms with Crippen molar-refractivity contribution in [3.05, 3.63) is 111 Å². The maximum Gasteiger partial charge on any atom is 0.264 e. The summed E-state index contributed by atoms with van der Waals surface area (Å²) in [5, 5.41) is 23.0. The number of hydrogen-bond acceptors (Lipinski definition) is 8. The molecule has 5 N–H and O–H groups in total. The average Bonchev–Trinajstić information content (AvgIpc) is 2.89. The quantitative estimate of drug-likeness (QED) is 0.251. The molecule has 0 unspecified atom stereocenters. The van der Waals surface area contributed by atoms with Gasteiger partial charge in [-0.15, -0.1) is 0 Å². The van der Waals surface area contributed by atoms with Crippen LogP contribution in [0.4, 0.5) is 16.0 Å². The van der Waals surface area contributed by atoms with E-state index in [-0.39, 0.29) is 40.6 Å². The summed E-state index contributed by atoms with van der Waals surface area (Å²) in [6, 6.07) is 14.9. The summed E-state index contributed by atoms with van der Waals surface area (Å²) in [6.07, 6.45) is 2.90. The first-order valence-corrected chi connectivity index (χ1v) is 11.7. The SMILES string of the molecule is Cc1cccnc1-n1c(CNc2ncnc(N)c2C(=N)c2ccc(F)c(O)c2)cc2cccc(C)c2c1=O. The third kappa shape index (κ3) is 4.32. The van der Waals surface area contributed by atoms with Gasteiger partial charge in [0.2, 0.25) is 0 Å². The molecule has 38 heavy (non-hydrogen) atoms. The lowest BCUT2D eigenvalue weighted by molar-refractivity contribution is 0.432. The largest absolute Gasteiger partial charge is 0.505 e. The highest BCUT2D eigenvalue weighted by Crippen LogP contribution is 2.26. The van der Waals surface area contributed by atoms with Crippen molar-refractivity contribution in [1.82, 2.24) is 19.5 Å². The fourth-order valence-electron chi connectivity index (χ4n) is 4.43. The van der Waals surface area contributed by atoms with Crippen LogP contribution in [0.15, 0.2) is 71.9 Å². The number of hydrogen-bond donors (Lipinski definition) is 4. The Kier molecular flexibility index (Phi) is 6.29. The number of benzene rings is 2. The van der Waals surface area contributed by atoms with Gasteiger partial charge in [-0.25, -0.2) is 19.3 Å². The molecule has 0 saturated heterocycles. The van der Waals surface area contributed by atoms with Gasteiger partial charge >= 0.3 is 0 Å². The van der Waals surface area contributed by atoms with Gasteiger partial charge in [0.1, 0.15) is 23.8 Å². The predicted octanol–water partition coefficient (Wildman–Crippen LogP) is 4.25. The zero-order valence-electron chi connectivity index (χ0n) is 20.7. The molecule has 0 spiro atoms. The van der Waals surface area contributed by atoms with Crippen molar-refractivity contribution in [2.75, 3.05) is 11.1 Å². The van der Waals surface area contributed by atoms with Gasteiger partial charge < -0.3 is 16.2 Å². The number of phenols is 1. The van der Waals surface area contributed by atoms with Gasteiger partial charge in [0.25, 0.3) is 5.56 Å². The van der Waals surface area contributed by atoms with E-state index < -0.39 is 11.6 Å². The van der Waals surface area contributed by atoms with Crippen molar-refractivity contribution >= 4 is 28.1 Å². The van der Waals surface area contributed by atoms with Crippen molar-refractivity contribution in [3.63, 3.8) is 0 Å². The zero-order chi connectivity index (χ0) is 27.0. The molecule has 3 heterocycles. The first-order valence-electron chi connectivity index (χ1n) is 11.7. The van der Waals surface area contributed by atoms with Crippen molar-refractivity contribution in [3.8, 4) is 11.6 Å². The second kappa shape index (κ2) is 9.74. The Balaban J connectivity index is 1.61. The molecule has 9 nitrogen and oxygen atoms in total. The number of halogens is 1. The number of pyridine rings is 2. The van der Waals surface area contributed by atoms with E-state index in [9.17, 15) is 14.3 Å². The number of aromatic nitrogens is 4. The Hall–Kier alpha value is -5.12. The molecule has 0 amide bonds. The number of aryl methyl sites for hydroxylation is 2. The number of nitrogens with zero attached hydrogens (tertiary/aromatic N) is 4. The van der Waals surface area contributed by atoms with Gasteiger partial charge in [-0.2, -0.15) is 0 Å². The fraction of sp³-hybridized carbons (Fsp3) is 0.107. The summed E-state index contributed by atoms with van der Waals surface area (Å²) in [7, 11) is 0. The third-order valence-corrected chi connectivity index (χ3v) is 6.32. The normalized spacial score (nSPS) is 11.0. The van der Waals surface area contributed by atoms with Crippen molar-refractivity contribution < 1.29 is 9.50 Å². The lowest BCUT2D eigenvalue weighted by Gasteiger charge is -2.18. The monoisotopic (exact) mass is 509 g/mol. The minimum atomic E-state index is -0.800. The van der Waals surface area contributed by atoms with E-state index in [0.717, 1.165) is 28.6 Å². The number of aromatic hydroxyl groups is 1. The summed E-state index contributed by atoms with van der Waals surface area (Å²) >= 11 is 0. The number of nitrogens with one attached hydrogen (secondary N) is 2. The molecule has 3 aromatic heterocycles. The molecule has 0 aliphatic carbocycles. The zero-order valence-corrected chi connectivity index (χ0v) is 20.7. The predicted molar refractivity (Wildman–Crippen MR) is 145 cm³/mol. The van der Waals surface area contributed by atoms with E-state index >= 15 is 0 Å². The van der Waals surface area contributed by atoms with Crippen LogP contribution >= 0.6 is 0 Å². The van der Waals surface area contributed by atoms with Gasteiger partial charge in [0, 0.05) is 17.5 Å². The Morgan fingerprint density at radius 2 is 1.87 bits per heavy atom. The van der Waals surface area contributed by atoms with E-state index in [2.05, 4.69) is 20.3 Å². The summed E-state index contributed by atoms with van der Waals surface area (Å²) in [5.41, 5.74) is 8.53. The number of phenolic OH excluding ortho intramolecular Hbond substituents is 1. The summed E-state index contributed by atoms with van der Waals surface area (Å²) in [6.45, 7) is 3.92. The fourth-order valence-corrected chi connectivity index (χ4v) is 4.43. The lowest BCUT2D eigenvalue weighted by Crippen LogP contribution is -2.26. The molecule has 0 aliphatic rings. The van der Waals surface area contributed by atoms with Gasteiger partial charge in [-0.3, -0.25) is 14.8 Å². The Morgan fingerprint density at radius 3 is 2.63 bits per heavy atom. The summed E-state index contributed by atoms with van der Waals surface area (Å²) < 4.78 is 15.2. The standard InChI is InChI=1S/C28H24FN7O2/c1-15-5-3-7-17-11-19(36(28(38)22(15)17)27-16(2)6-4-10-32-27)13-33-26-23(25(31)34-14-35-26)24(30)18-8-9-20(29)21(37)12-18/h3-12,14,30,37H,13H2,1-2H3,(H3,31,33,34,35). The van der Waals surface area contributed by atoms with Crippen LogP contribution in [0, 0.1) is 25.1 Å². The van der Waals surface area contributed by atoms with E-state index in [4.69, 9.17) is 11.1 Å². The first kappa shape index (κ1) is 24.6. The maximum atomic E-state index is 13.8. The van der Waals surface area contributed by atoms with Crippen molar-refractivity contribution in [2.24, 2.45) is 0 Å². The minimum Gasteiger partial charge on any atom is -0.505 e. The van der Waals surface area contributed by atoms with Crippen LogP contribution in [0.5, 0.6) is 5.75 Å². The van der Waals surface area contributed by atoms with Crippen LogP contribution in [0.3, 0.4) is 0 Å². The molecule has 0 aliphatic heterocycles. The molecule has 0 saturated carbocycles. The Bertz CT molecular complexity index is 1780. The first-order chi connectivity index (χ1) is 18.3. The van der Waals surface area contributed by atoms with Crippen LogP contribution in [-0.4, -0.2) is 30.3 Å². The molecule has 0 fully saturated rings. The molecular weight excluding hydrogens is 485 g/mol. The molecule has 0 atom stereocenters. The third-order valence-electron chi connectivity index (χ3n) is 6.32. The van der Waals surface area contributed by atoms with Crippen LogP contribution < -0.4 is 16.6 Å². The van der Waals surface area contributed by atoms with E-state index in [1.807, 2.05) is 50.2 Å². The number of anilines is 2. The number of rotatable bonds is 6. The molecule has 2 aromatic carbocycles. The number of nitrogens with two attached hydrogens (primary N) is 1. The minimum absolute atomic E-state index is 0.0309. The second-order valence-electron chi connectivity index (χ2n) is 8.84. The summed E-state index contributed by atoms with van der Waals surface area (Å²) in [5.74, 6) is -0.600. The van der Waals surface area contributed by atoms with Crippen LogP contribution in [0.25, 0.3) is 16.6 Å². The smallest absolute Gasteiger partial charge is 0.264 e. The van der Waals surface area contributed by atoms with Gasteiger partial charge in [-0.1, -0.05) is 24.3 Å². The average molecular weight is 510 g/mol. The highest BCUT2D eigenvalue weighted by Gasteiger charge is 2.19. The molecule has 0 bridgehead atoms. The van der Waals surface area contributed by atoms with Crippen LogP contribution in [-0.2, 0) is 6.54 Å². The molecule has 0 radical (unpaired) electrons. The Labute approximate surface area is 217 Å². The summed E-state index contributed by atoms with van der Waals surface area (Å²) in [4.78, 5) is 26.5. The second-order valence-corrected chi connectivity index (χ2v) is 8.84. The topological polar surface area (TPSA) is 143 Å². The van der Waals surface area contributed by atoms with E-state index in [1.54, 1.807) is 10.8 Å². The van der Waals surface area contributed by atoms with Crippen molar-refractivity contribution in [2.45, 2.75) is 20.4 Å². The number of fused-ring (bicyclic) bond motifs is 1. The molecule has 5 rings (SSSR count). The molecule has 5 aromatic rings. The van der Waals surface area contributed by atoms with Crippen LogP contribution in [0.2, 0.25) is 0 Å². The van der Waals surface area contributed by atoms with E-state index in [1.165, 1.54) is 12.4 Å². The molecular formula is C28H24FN7O2. The molecule has 10 heteroatoms. The van der Waals surface area contributed by atoms with E-state index in [0.29, 0.717) is 16.9 Å². The Morgan fingerprint density at radius 1 is 1.08 bits per heavy atom. The number of nitrogen functional groups attached to an aromatic ring is 1. The molecule has 190 valence electrons. The van der Waals surface area contributed by atoms with Gasteiger partial charge in [-0.05, 0) is 60.7 Å². The lowest BCUT2D eigenvalue weighted by atomic mass is 10.0. The van der Waals surface area contributed by atoms with Crippen LogP contribution in [0.1, 0.15) is 27.9 Å².